The highest BCUT2D eigenvalue weighted by Crippen LogP contribution is 2.18. The molecule has 0 bridgehead atoms. The molecule has 0 amide bonds. The Kier molecular flexibility index (Phi) is 4.05. The Morgan fingerprint density at radius 2 is 1.77 bits per heavy atom. The molecule has 3 aromatic rings. The first-order valence-corrected chi connectivity index (χ1v) is 7.23. The molecular weight excluding hydrogens is 272 g/mol. The third kappa shape index (κ3) is 2.93. The molecule has 1 aromatic heterocycles. The normalized spacial score (nSPS) is 10.4. The van der Waals surface area contributed by atoms with Crippen LogP contribution in [0.3, 0.4) is 0 Å². The van der Waals surface area contributed by atoms with Crippen molar-refractivity contribution in [2.75, 3.05) is 0 Å². The summed E-state index contributed by atoms with van der Waals surface area (Å²) in [5.74, 6) is 0.0895. The smallest absolute Gasteiger partial charge is 0.231 e. The van der Waals surface area contributed by atoms with Gasteiger partial charge in [-0.3, -0.25) is 9.78 Å². The van der Waals surface area contributed by atoms with Crippen LogP contribution in [0.1, 0.15) is 15.9 Å². The molecule has 3 nitrogen and oxygen atoms in total. The van der Waals surface area contributed by atoms with E-state index < -0.39 is 0 Å². The van der Waals surface area contributed by atoms with E-state index in [1.165, 1.54) is 0 Å². The maximum Gasteiger partial charge on any atom is 0.231 e. The molecule has 0 fully saturated rings. The number of carbonyl (C=O) groups excluding carboxylic acids is 1. The van der Waals surface area contributed by atoms with E-state index in [2.05, 4.69) is 24.0 Å². The van der Waals surface area contributed by atoms with Crippen molar-refractivity contribution < 1.29 is 9.36 Å². The van der Waals surface area contributed by atoms with Gasteiger partial charge < -0.3 is 0 Å². The highest BCUT2D eigenvalue weighted by Gasteiger charge is 2.18. The Hall–Kier alpha value is -2.81. The molecule has 1 heterocycles. The maximum absolute atomic E-state index is 12.4. The number of rotatable bonds is 4. The van der Waals surface area contributed by atoms with Gasteiger partial charge in [-0.15, -0.1) is 0 Å². The average molecular weight is 289 g/mol. The van der Waals surface area contributed by atoms with Gasteiger partial charge in [0.25, 0.3) is 0 Å². The molecule has 0 aliphatic carbocycles. The van der Waals surface area contributed by atoms with Crippen molar-refractivity contribution in [3.63, 3.8) is 0 Å². The van der Waals surface area contributed by atoms with Crippen LogP contribution >= 0.6 is 0 Å². The van der Waals surface area contributed by atoms with Crippen LogP contribution in [0.4, 0.5) is 0 Å². The molecule has 0 aliphatic heterocycles. The van der Waals surface area contributed by atoms with Crippen molar-refractivity contribution in [1.29, 1.82) is 0 Å². The van der Waals surface area contributed by atoms with Gasteiger partial charge in [0.1, 0.15) is 0 Å². The summed E-state index contributed by atoms with van der Waals surface area (Å²) in [6.07, 6.45) is 5.36. The first kappa shape index (κ1) is 14.1. The predicted octanol–water partition coefficient (Wildman–Crippen LogP) is 3.23. The van der Waals surface area contributed by atoms with Crippen molar-refractivity contribution >= 4 is 5.78 Å². The minimum Gasteiger partial charge on any atom is -0.287 e. The van der Waals surface area contributed by atoms with Gasteiger partial charge in [0, 0.05) is 5.56 Å². The summed E-state index contributed by atoms with van der Waals surface area (Å²) >= 11 is 0. The summed E-state index contributed by atoms with van der Waals surface area (Å²) in [5.41, 5.74) is 3.93. The highest BCUT2D eigenvalue weighted by molar-refractivity contribution is 5.95. The van der Waals surface area contributed by atoms with E-state index in [-0.39, 0.29) is 5.78 Å². The van der Waals surface area contributed by atoms with Crippen molar-refractivity contribution in [2.24, 2.45) is 0 Å². The Balaban J connectivity index is 1.96. The number of ketones is 1. The molecule has 108 valence electrons. The molecule has 0 aliphatic rings. The number of benzene rings is 2. The monoisotopic (exact) mass is 289 g/mol. The molecule has 3 heteroatoms. The zero-order valence-electron chi connectivity index (χ0n) is 12.4. The summed E-state index contributed by atoms with van der Waals surface area (Å²) < 4.78 is 1.95. The van der Waals surface area contributed by atoms with Crippen LogP contribution in [-0.4, -0.2) is 10.8 Å². The van der Waals surface area contributed by atoms with Crippen LogP contribution in [0.5, 0.6) is 0 Å². The molecule has 0 spiro atoms. The number of aryl methyl sites for hydroxylation is 1. The van der Waals surface area contributed by atoms with Gasteiger partial charge >= 0.3 is 0 Å². The van der Waals surface area contributed by atoms with Crippen LogP contribution in [-0.2, 0) is 6.54 Å². The van der Waals surface area contributed by atoms with Gasteiger partial charge in [0.05, 0.1) is 18.0 Å². The minimum absolute atomic E-state index is 0.0895. The van der Waals surface area contributed by atoms with E-state index >= 15 is 0 Å². The average Bonchev–Trinajstić information content (AvgIpc) is 2.57. The summed E-state index contributed by atoms with van der Waals surface area (Å²) in [5, 5.41) is 0. The molecular formula is C19H17N2O+. The Morgan fingerprint density at radius 3 is 2.55 bits per heavy atom. The fourth-order valence-corrected chi connectivity index (χ4v) is 2.48. The number of nitrogens with zero attached hydrogens (tertiary/aromatic N) is 2. The predicted molar refractivity (Wildman–Crippen MR) is 85.4 cm³/mol. The van der Waals surface area contributed by atoms with Gasteiger partial charge in [-0.25, -0.2) is 0 Å². The number of Topliss-reactive ketones (excluding diaryl/α,β-unsaturated/α-hetero) is 1. The van der Waals surface area contributed by atoms with Gasteiger partial charge in [-0.2, -0.15) is 4.57 Å². The molecule has 2 aromatic carbocycles. The number of aromatic nitrogens is 2. The Labute approximate surface area is 129 Å². The van der Waals surface area contributed by atoms with E-state index in [1.807, 2.05) is 53.2 Å². The molecule has 3 rings (SSSR count). The molecule has 0 saturated carbocycles. The summed E-state index contributed by atoms with van der Waals surface area (Å²) in [4.78, 5) is 16.7. The van der Waals surface area contributed by atoms with Crippen LogP contribution in [0.15, 0.2) is 73.2 Å². The lowest BCUT2D eigenvalue weighted by molar-refractivity contribution is -0.672. The van der Waals surface area contributed by atoms with Crippen molar-refractivity contribution in [3.05, 3.63) is 84.3 Å². The number of hydrogen-bond donors (Lipinski definition) is 0. The molecule has 0 saturated heterocycles. The van der Waals surface area contributed by atoms with Gasteiger partial charge in [-0.05, 0) is 18.6 Å². The van der Waals surface area contributed by atoms with Crippen LogP contribution in [0, 0.1) is 6.92 Å². The third-order valence-electron chi connectivity index (χ3n) is 3.67. The van der Waals surface area contributed by atoms with Crippen molar-refractivity contribution in [1.82, 2.24) is 4.98 Å². The first-order valence-electron chi connectivity index (χ1n) is 7.23. The minimum atomic E-state index is 0.0895. The third-order valence-corrected chi connectivity index (χ3v) is 3.67. The topological polar surface area (TPSA) is 33.8 Å². The summed E-state index contributed by atoms with van der Waals surface area (Å²) in [7, 11) is 0. The van der Waals surface area contributed by atoms with E-state index in [0.29, 0.717) is 6.54 Å². The van der Waals surface area contributed by atoms with Crippen molar-refractivity contribution in [2.45, 2.75) is 13.5 Å². The molecule has 0 unspecified atom stereocenters. The van der Waals surface area contributed by atoms with Crippen LogP contribution in [0.2, 0.25) is 0 Å². The molecule has 0 N–H and O–H groups in total. The van der Waals surface area contributed by atoms with E-state index in [4.69, 9.17) is 0 Å². The van der Waals surface area contributed by atoms with E-state index in [0.717, 1.165) is 22.4 Å². The SMILES string of the molecule is Cc1ccccc1-c1cncc[n+]1CC(=O)c1ccccc1. The Bertz CT molecular complexity index is 797. The Morgan fingerprint density at radius 1 is 1.05 bits per heavy atom. The second-order valence-electron chi connectivity index (χ2n) is 5.19. The second kappa shape index (κ2) is 6.31. The molecule has 0 radical (unpaired) electrons. The molecule has 22 heavy (non-hydrogen) atoms. The van der Waals surface area contributed by atoms with Gasteiger partial charge in [-0.1, -0.05) is 48.5 Å². The van der Waals surface area contributed by atoms with Crippen LogP contribution < -0.4 is 4.57 Å². The standard InChI is InChI=1S/C19H17N2O/c1-15-7-5-6-10-17(15)18-13-20-11-12-21(18)14-19(22)16-8-3-2-4-9-16/h2-13H,14H2,1H3/q+1. The second-order valence-corrected chi connectivity index (χ2v) is 5.19. The lowest BCUT2D eigenvalue weighted by Gasteiger charge is -2.05. The first-order chi connectivity index (χ1) is 10.8. The lowest BCUT2D eigenvalue weighted by atomic mass is 10.1. The van der Waals surface area contributed by atoms with Crippen LogP contribution in [0.25, 0.3) is 11.3 Å². The summed E-state index contributed by atoms with van der Waals surface area (Å²) in [6, 6.07) is 17.5. The van der Waals surface area contributed by atoms with E-state index in [9.17, 15) is 4.79 Å². The highest BCUT2D eigenvalue weighted by atomic mass is 16.1. The zero-order valence-corrected chi connectivity index (χ0v) is 12.4. The quantitative estimate of drug-likeness (QED) is 0.546. The van der Waals surface area contributed by atoms with Gasteiger partial charge in [0.15, 0.2) is 6.20 Å². The number of carbonyl (C=O) groups is 1. The van der Waals surface area contributed by atoms with Crippen molar-refractivity contribution in [3.8, 4) is 11.3 Å². The maximum atomic E-state index is 12.4. The summed E-state index contributed by atoms with van der Waals surface area (Å²) in [6.45, 7) is 2.36. The number of hydrogen-bond acceptors (Lipinski definition) is 2. The zero-order chi connectivity index (χ0) is 15.4. The lowest BCUT2D eigenvalue weighted by Crippen LogP contribution is -2.40. The largest absolute Gasteiger partial charge is 0.287 e. The fraction of sp³-hybridized carbons (Fsp3) is 0.105. The fourth-order valence-electron chi connectivity index (χ4n) is 2.48. The van der Waals surface area contributed by atoms with E-state index in [1.54, 1.807) is 12.4 Å². The van der Waals surface area contributed by atoms with Gasteiger partial charge in [0.2, 0.25) is 18.0 Å². The molecule has 0 atom stereocenters.